The molecular formula is C17H13FO3. The molecule has 0 fully saturated rings. The molecule has 2 rings (SSSR count). The lowest BCUT2D eigenvalue weighted by Gasteiger charge is -2.02. The van der Waals surface area contributed by atoms with Gasteiger partial charge in [0.15, 0.2) is 5.78 Å². The summed E-state index contributed by atoms with van der Waals surface area (Å²) in [6, 6.07) is 12.5. The highest BCUT2D eigenvalue weighted by Crippen LogP contribution is 2.11. The van der Waals surface area contributed by atoms with Gasteiger partial charge in [-0.05, 0) is 29.3 Å². The predicted molar refractivity (Wildman–Crippen MR) is 77.5 cm³/mol. The zero-order chi connectivity index (χ0) is 15.2. The number of rotatable bonds is 5. The first kappa shape index (κ1) is 14.7. The molecule has 0 aliphatic carbocycles. The van der Waals surface area contributed by atoms with E-state index in [0.29, 0.717) is 11.1 Å². The first-order valence-electron chi connectivity index (χ1n) is 6.33. The fourth-order valence-corrected chi connectivity index (χ4v) is 1.84. The molecule has 0 spiro atoms. The SMILES string of the molecule is O=C(O)C=Cc1ccc(C(=O)Cc2ccc(F)cc2)cc1. The maximum atomic E-state index is 12.8. The van der Waals surface area contributed by atoms with Crippen LogP contribution in [0.2, 0.25) is 0 Å². The van der Waals surface area contributed by atoms with Crippen molar-refractivity contribution in [3.8, 4) is 0 Å². The molecule has 2 aromatic carbocycles. The number of benzene rings is 2. The number of carbonyl (C=O) groups excluding carboxylic acids is 1. The normalized spacial score (nSPS) is 10.7. The fraction of sp³-hybridized carbons (Fsp3) is 0.0588. The first-order valence-corrected chi connectivity index (χ1v) is 6.33. The Morgan fingerprint density at radius 3 is 2.19 bits per heavy atom. The van der Waals surface area contributed by atoms with Gasteiger partial charge in [-0.25, -0.2) is 9.18 Å². The van der Waals surface area contributed by atoms with Gasteiger partial charge >= 0.3 is 5.97 Å². The monoisotopic (exact) mass is 284 g/mol. The second kappa shape index (κ2) is 6.61. The summed E-state index contributed by atoms with van der Waals surface area (Å²) in [4.78, 5) is 22.5. The second-order valence-electron chi connectivity index (χ2n) is 4.52. The topological polar surface area (TPSA) is 54.4 Å². The number of ketones is 1. The second-order valence-corrected chi connectivity index (χ2v) is 4.52. The summed E-state index contributed by atoms with van der Waals surface area (Å²) >= 11 is 0. The maximum absolute atomic E-state index is 12.8. The minimum Gasteiger partial charge on any atom is -0.478 e. The van der Waals surface area contributed by atoms with Crippen LogP contribution in [0.15, 0.2) is 54.6 Å². The van der Waals surface area contributed by atoms with E-state index in [-0.39, 0.29) is 18.0 Å². The van der Waals surface area contributed by atoms with Gasteiger partial charge in [0.2, 0.25) is 0 Å². The average Bonchev–Trinajstić information content (AvgIpc) is 2.48. The number of halogens is 1. The molecule has 0 aliphatic heterocycles. The van der Waals surface area contributed by atoms with Crippen molar-refractivity contribution in [3.05, 3.63) is 77.1 Å². The lowest BCUT2D eigenvalue weighted by atomic mass is 10.0. The number of Topliss-reactive ketones (excluding diaryl/α,β-unsaturated/α-hetero) is 1. The molecule has 4 heteroatoms. The van der Waals surface area contributed by atoms with Gasteiger partial charge in [0, 0.05) is 18.1 Å². The Balaban J connectivity index is 2.06. The predicted octanol–water partition coefficient (Wildman–Crippen LogP) is 3.35. The number of carboxylic acid groups (broad SMARTS) is 1. The highest BCUT2D eigenvalue weighted by atomic mass is 19.1. The Bertz CT molecular complexity index is 670. The Morgan fingerprint density at radius 2 is 1.62 bits per heavy atom. The molecule has 0 bridgehead atoms. The Labute approximate surface area is 121 Å². The standard InChI is InChI=1S/C17H13FO3/c18-15-8-3-13(4-9-15)11-16(19)14-6-1-12(2-7-14)5-10-17(20)21/h1-10H,11H2,(H,20,21). The molecule has 0 radical (unpaired) electrons. The Hall–Kier alpha value is -2.75. The average molecular weight is 284 g/mol. The largest absolute Gasteiger partial charge is 0.478 e. The van der Waals surface area contributed by atoms with Crippen LogP contribution in [0.5, 0.6) is 0 Å². The van der Waals surface area contributed by atoms with Crippen LogP contribution in [0, 0.1) is 5.82 Å². The maximum Gasteiger partial charge on any atom is 0.328 e. The third-order valence-corrected chi connectivity index (χ3v) is 2.93. The van der Waals surface area contributed by atoms with Crippen LogP contribution in [-0.4, -0.2) is 16.9 Å². The van der Waals surface area contributed by atoms with Gasteiger partial charge in [0.25, 0.3) is 0 Å². The molecule has 1 N–H and O–H groups in total. The lowest BCUT2D eigenvalue weighted by molar-refractivity contribution is -0.131. The van der Waals surface area contributed by atoms with Crippen molar-refractivity contribution in [3.63, 3.8) is 0 Å². The van der Waals surface area contributed by atoms with Gasteiger partial charge in [-0.3, -0.25) is 4.79 Å². The van der Waals surface area contributed by atoms with Crippen molar-refractivity contribution < 1.29 is 19.1 Å². The van der Waals surface area contributed by atoms with E-state index >= 15 is 0 Å². The molecule has 0 saturated heterocycles. The van der Waals surface area contributed by atoms with Crippen molar-refractivity contribution in [1.29, 1.82) is 0 Å². The Morgan fingerprint density at radius 1 is 1.00 bits per heavy atom. The van der Waals surface area contributed by atoms with E-state index in [1.54, 1.807) is 36.4 Å². The van der Waals surface area contributed by atoms with Gasteiger partial charge in [-0.15, -0.1) is 0 Å². The van der Waals surface area contributed by atoms with E-state index in [4.69, 9.17) is 5.11 Å². The summed E-state index contributed by atoms with van der Waals surface area (Å²) in [5, 5.41) is 8.53. The van der Waals surface area contributed by atoms with Crippen molar-refractivity contribution in [2.45, 2.75) is 6.42 Å². The molecule has 3 nitrogen and oxygen atoms in total. The summed E-state index contributed by atoms with van der Waals surface area (Å²) in [5.41, 5.74) is 1.98. The van der Waals surface area contributed by atoms with E-state index in [0.717, 1.165) is 11.6 Å². The third-order valence-electron chi connectivity index (χ3n) is 2.93. The minimum atomic E-state index is -1.02. The van der Waals surface area contributed by atoms with Crippen molar-refractivity contribution >= 4 is 17.8 Å². The number of hydrogen-bond acceptors (Lipinski definition) is 2. The van der Waals surface area contributed by atoms with Crippen molar-refractivity contribution in [2.24, 2.45) is 0 Å². The highest BCUT2D eigenvalue weighted by molar-refractivity contribution is 5.97. The van der Waals surface area contributed by atoms with Crippen LogP contribution < -0.4 is 0 Å². The van der Waals surface area contributed by atoms with E-state index in [9.17, 15) is 14.0 Å². The van der Waals surface area contributed by atoms with E-state index in [1.165, 1.54) is 18.2 Å². The highest BCUT2D eigenvalue weighted by Gasteiger charge is 2.07. The van der Waals surface area contributed by atoms with Gasteiger partial charge in [-0.2, -0.15) is 0 Å². The molecule has 0 aromatic heterocycles. The molecule has 0 unspecified atom stereocenters. The van der Waals surface area contributed by atoms with Crippen molar-refractivity contribution in [2.75, 3.05) is 0 Å². The van der Waals surface area contributed by atoms with Gasteiger partial charge in [0.05, 0.1) is 0 Å². The first-order chi connectivity index (χ1) is 10.0. The zero-order valence-corrected chi connectivity index (χ0v) is 11.1. The molecule has 0 heterocycles. The molecule has 0 atom stereocenters. The zero-order valence-electron chi connectivity index (χ0n) is 11.1. The summed E-state index contributed by atoms with van der Waals surface area (Å²) in [6.07, 6.45) is 2.69. The van der Waals surface area contributed by atoms with E-state index in [2.05, 4.69) is 0 Å². The molecule has 0 saturated carbocycles. The summed E-state index contributed by atoms with van der Waals surface area (Å²) in [7, 11) is 0. The summed E-state index contributed by atoms with van der Waals surface area (Å²) in [5.74, 6) is -1.43. The molecule has 2 aromatic rings. The van der Waals surface area contributed by atoms with E-state index in [1.807, 2.05) is 0 Å². The quantitative estimate of drug-likeness (QED) is 0.676. The van der Waals surface area contributed by atoms with Crippen LogP contribution in [0.25, 0.3) is 6.08 Å². The third kappa shape index (κ3) is 4.38. The van der Waals surface area contributed by atoms with Crippen LogP contribution >= 0.6 is 0 Å². The van der Waals surface area contributed by atoms with Crippen LogP contribution in [-0.2, 0) is 11.2 Å². The van der Waals surface area contributed by atoms with Gasteiger partial charge in [-0.1, -0.05) is 36.4 Å². The van der Waals surface area contributed by atoms with Gasteiger partial charge in [0.1, 0.15) is 5.82 Å². The number of carboxylic acids is 1. The van der Waals surface area contributed by atoms with E-state index < -0.39 is 5.97 Å². The molecular weight excluding hydrogens is 271 g/mol. The molecule has 21 heavy (non-hydrogen) atoms. The van der Waals surface area contributed by atoms with Crippen LogP contribution in [0.4, 0.5) is 4.39 Å². The number of aliphatic carboxylic acids is 1. The minimum absolute atomic E-state index is 0.0737. The Kier molecular flexibility index (Phi) is 4.61. The fourth-order valence-electron chi connectivity index (χ4n) is 1.84. The smallest absolute Gasteiger partial charge is 0.328 e. The van der Waals surface area contributed by atoms with Crippen LogP contribution in [0.3, 0.4) is 0 Å². The molecule has 0 amide bonds. The van der Waals surface area contributed by atoms with Crippen molar-refractivity contribution in [1.82, 2.24) is 0 Å². The van der Waals surface area contributed by atoms with Gasteiger partial charge < -0.3 is 5.11 Å². The summed E-state index contributed by atoms with van der Waals surface area (Å²) in [6.45, 7) is 0. The molecule has 0 aliphatic rings. The summed E-state index contributed by atoms with van der Waals surface area (Å²) < 4.78 is 12.8. The lowest BCUT2D eigenvalue weighted by Crippen LogP contribution is -2.03. The number of carbonyl (C=O) groups is 2. The van der Waals surface area contributed by atoms with Crippen LogP contribution in [0.1, 0.15) is 21.5 Å². The number of hydrogen-bond donors (Lipinski definition) is 1. The molecule has 106 valence electrons.